The SMILES string of the molecule is COc1ccccc1C(C)CC1CC1C(=O)O. The summed E-state index contributed by atoms with van der Waals surface area (Å²) in [6, 6.07) is 7.96. The second-order valence-electron chi connectivity index (χ2n) is 4.82. The van der Waals surface area contributed by atoms with Gasteiger partial charge in [-0.3, -0.25) is 4.79 Å². The van der Waals surface area contributed by atoms with E-state index in [2.05, 4.69) is 13.0 Å². The molecule has 1 N–H and O–H groups in total. The number of aliphatic carboxylic acids is 1. The van der Waals surface area contributed by atoms with Crippen molar-refractivity contribution in [1.29, 1.82) is 0 Å². The molecular formula is C14H18O3. The Kier molecular flexibility index (Phi) is 3.36. The zero-order chi connectivity index (χ0) is 12.4. The van der Waals surface area contributed by atoms with Crippen molar-refractivity contribution in [3.63, 3.8) is 0 Å². The topological polar surface area (TPSA) is 46.5 Å². The predicted molar refractivity (Wildman–Crippen MR) is 65.3 cm³/mol. The van der Waals surface area contributed by atoms with Crippen molar-refractivity contribution in [3.05, 3.63) is 29.8 Å². The van der Waals surface area contributed by atoms with Crippen LogP contribution >= 0.6 is 0 Å². The van der Waals surface area contributed by atoms with Crippen molar-refractivity contribution in [2.24, 2.45) is 11.8 Å². The number of rotatable bonds is 5. The molecule has 1 fully saturated rings. The Morgan fingerprint density at radius 1 is 1.53 bits per heavy atom. The first kappa shape index (κ1) is 12.0. The average molecular weight is 234 g/mol. The van der Waals surface area contributed by atoms with Crippen molar-refractivity contribution in [1.82, 2.24) is 0 Å². The zero-order valence-electron chi connectivity index (χ0n) is 10.2. The molecule has 1 aromatic carbocycles. The van der Waals surface area contributed by atoms with Crippen LogP contribution in [0, 0.1) is 11.8 Å². The highest BCUT2D eigenvalue weighted by Gasteiger charge is 2.43. The minimum Gasteiger partial charge on any atom is -0.496 e. The molecule has 1 aliphatic carbocycles. The molecule has 3 atom stereocenters. The molecule has 0 radical (unpaired) electrons. The highest BCUT2D eigenvalue weighted by atomic mass is 16.5. The summed E-state index contributed by atoms with van der Waals surface area (Å²) in [5.74, 6) is 0.815. The maximum atomic E-state index is 10.8. The highest BCUT2D eigenvalue weighted by molar-refractivity contribution is 5.73. The van der Waals surface area contributed by atoms with Crippen LogP contribution in [0.2, 0.25) is 0 Å². The molecule has 1 aromatic rings. The second-order valence-corrected chi connectivity index (χ2v) is 4.82. The van der Waals surface area contributed by atoms with Gasteiger partial charge in [0.15, 0.2) is 0 Å². The molecule has 17 heavy (non-hydrogen) atoms. The third kappa shape index (κ3) is 2.60. The fraction of sp³-hybridized carbons (Fsp3) is 0.500. The summed E-state index contributed by atoms with van der Waals surface area (Å²) in [7, 11) is 1.67. The number of hydrogen-bond acceptors (Lipinski definition) is 2. The fourth-order valence-corrected chi connectivity index (χ4v) is 2.47. The largest absolute Gasteiger partial charge is 0.496 e. The van der Waals surface area contributed by atoms with Gasteiger partial charge in [-0.05, 0) is 36.3 Å². The maximum absolute atomic E-state index is 10.8. The minimum atomic E-state index is -0.651. The van der Waals surface area contributed by atoms with E-state index in [9.17, 15) is 4.79 Å². The zero-order valence-corrected chi connectivity index (χ0v) is 10.2. The number of benzene rings is 1. The summed E-state index contributed by atoms with van der Waals surface area (Å²) in [6.07, 6.45) is 1.76. The number of carbonyl (C=O) groups is 1. The molecule has 0 spiro atoms. The lowest BCUT2D eigenvalue weighted by atomic mass is 9.94. The highest BCUT2D eigenvalue weighted by Crippen LogP contribution is 2.46. The van der Waals surface area contributed by atoms with Gasteiger partial charge >= 0.3 is 5.97 Å². The van der Waals surface area contributed by atoms with Gasteiger partial charge in [-0.15, -0.1) is 0 Å². The van der Waals surface area contributed by atoms with Crippen LogP contribution in [0.5, 0.6) is 5.75 Å². The first-order valence-corrected chi connectivity index (χ1v) is 5.99. The van der Waals surface area contributed by atoms with Gasteiger partial charge in [-0.1, -0.05) is 25.1 Å². The molecule has 0 aromatic heterocycles. The Balaban J connectivity index is 2.00. The standard InChI is InChI=1S/C14H18O3/c1-9(7-10-8-12(10)14(15)16)11-5-3-4-6-13(11)17-2/h3-6,9-10,12H,7-8H2,1-2H3,(H,15,16). The van der Waals surface area contributed by atoms with Crippen LogP contribution in [0.25, 0.3) is 0 Å². The van der Waals surface area contributed by atoms with Crippen LogP contribution < -0.4 is 4.74 Å². The van der Waals surface area contributed by atoms with Crippen molar-refractivity contribution in [3.8, 4) is 5.75 Å². The Labute approximate surface area is 101 Å². The molecule has 0 bridgehead atoms. The average Bonchev–Trinajstić information content (AvgIpc) is 3.08. The van der Waals surface area contributed by atoms with Crippen LogP contribution in [0.15, 0.2) is 24.3 Å². The second kappa shape index (κ2) is 4.78. The Hall–Kier alpha value is -1.51. The van der Waals surface area contributed by atoms with Crippen LogP contribution in [-0.4, -0.2) is 18.2 Å². The normalized spacial score (nSPS) is 24.1. The Bertz CT molecular complexity index is 414. The Morgan fingerprint density at radius 3 is 2.82 bits per heavy atom. The number of carboxylic acid groups (broad SMARTS) is 1. The maximum Gasteiger partial charge on any atom is 0.306 e. The lowest BCUT2D eigenvalue weighted by molar-refractivity contribution is -0.138. The van der Waals surface area contributed by atoms with E-state index < -0.39 is 5.97 Å². The van der Waals surface area contributed by atoms with E-state index >= 15 is 0 Å². The number of hydrogen-bond donors (Lipinski definition) is 1. The summed E-state index contributed by atoms with van der Waals surface area (Å²) >= 11 is 0. The van der Waals surface area contributed by atoms with Crippen LogP contribution in [0.3, 0.4) is 0 Å². The molecule has 0 heterocycles. The van der Waals surface area contributed by atoms with Gasteiger partial charge in [0, 0.05) is 0 Å². The number of ether oxygens (including phenoxy) is 1. The van der Waals surface area contributed by atoms with Crippen molar-refractivity contribution < 1.29 is 14.6 Å². The summed E-state index contributed by atoms with van der Waals surface area (Å²) in [4.78, 5) is 10.8. The third-order valence-corrected chi connectivity index (χ3v) is 3.57. The smallest absolute Gasteiger partial charge is 0.306 e. The summed E-state index contributed by atoms with van der Waals surface area (Å²) in [5.41, 5.74) is 1.17. The van der Waals surface area contributed by atoms with E-state index in [0.717, 1.165) is 18.6 Å². The van der Waals surface area contributed by atoms with Crippen molar-refractivity contribution >= 4 is 5.97 Å². The lowest BCUT2D eigenvalue weighted by Crippen LogP contribution is -2.03. The van der Waals surface area contributed by atoms with Gasteiger partial charge in [0.1, 0.15) is 5.75 Å². The molecule has 0 aliphatic heterocycles. The Morgan fingerprint density at radius 2 is 2.24 bits per heavy atom. The molecule has 0 amide bonds. The molecule has 3 heteroatoms. The molecule has 1 saturated carbocycles. The van der Waals surface area contributed by atoms with Gasteiger partial charge in [0.25, 0.3) is 0 Å². The number of para-hydroxylation sites is 1. The molecular weight excluding hydrogens is 216 g/mol. The first-order chi connectivity index (χ1) is 8.13. The molecule has 92 valence electrons. The van der Waals surface area contributed by atoms with Gasteiger partial charge in [-0.2, -0.15) is 0 Å². The van der Waals surface area contributed by atoms with E-state index in [4.69, 9.17) is 9.84 Å². The lowest BCUT2D eigenvalue weighted by Gasteiger charge is -2.15. The monoisotopic (exact) mass is 234 g/mol. The van der Waals surface area contributed by atoms with Crippen molar-refractivity contribution in [2.45, 2.75) is 25.7 Å². The molecule has 3 nitrogen and oxygen atoms in total. The van der Waals surface area contributed by atoms with Gasteiger partial charge < -0.3 is 9.84 Å². The van der Waals surface area contributed by atoms with Crippen LogP contribution in [-0.2, 0) is 4.79 Å². The van der Waals surface area contributed by atoms with Gasteiger partial charge in [-0.25, -0.2) is 0 Å². The molecule has 0 saturated heterocycles. The van der Waals surface area contributed by atoms with Crippen molar-refractivity contribution in [2.75, 3.05) is 7.11 Å². The summed E-state index contributed by atoms with van der Waals surface area (Å²) in [6.45, 7) is 2.13. The minimum absolute atomic E-state index is 0.118. The van der Waals surface area contributed by atoms with Crippen LogP contribution in [0.1, 0.15) is 31.2 Å². The fourth-order valence-electron chi connectivity index (χ4n) is 2.47. The summed E-state index contributed by atoms with van der Waals surface area (Å²) < 4.78 is 5.33. The number of carboxylic acids is 1. The quantitative estimate of drug-likeness (QED) is 0.852. The van der Waals surface area contributed by atoms with E-state index in [1.54, 1.807) is 7.11 Å². The molecule has 1 aliphatic rings. The number of methoxy groups -OCH3 is 1. The van der Waals surface area contributed by atoms with Crippen LogP contribution in [0.4, 0.5) is 0 Å². The summed E-state index contributed by atoms with van der Waals surface area (Å²) in [5, 5.41) is 8.88. The van der Waals surface area contributed by atoms with Gasteiger partial charge in [0.2, 0.25) is 0 Å². The van der Waals surface area contributed by atoms with E-state index in [1.807, 2.05) is 18.2 Å². The predicted octanol–water partition coefficient (Wildman–Crippen LogP) is 2.91. The van der Waals surface area contributed by atoms with E-state index in [1.165, 1.54) is 5.56 Å². The van der Waals surface area contributed by atoms with E-state index in [0.29, 0.717) is 11.8 Å². The van der Waals surface area contributed by atoms with Gasteiger partial charge in [0.05, 0.1) is 13.0 Å². The molecule has 2 rings (SSSR count). The van der Waals surface area contributed by atoms with E-state index in [-0.39, 0.29) is 5.92 Å². The first-order valence-electron chi connectivity index (χ1n) is 5.99. The third-order valence-electron chi connectivity index (χ3n) is 3.57. The molecule has 3 unspecified atom stereocenters.